The molecule has 1 aliphatic heterocycles. The van der Waals surface area contributed by atoms with Gasteiger partial charge in [-0.05, 0) is 43.2 Å². The number of sulfonamides is 1. The molecule has 0 atom stereocenters. The summed E-state index contributed by atoms with van der Waals surface area (Å²) in [5.41, 5.74) is -0.128. The second-order valence-corrected chi connectivity index (χ2v) is 8.01. The number of benzene rings is 1. The van der Waals surface area contributed by atoms with Crippen LogP contribution in [0, 0.1) is 5.82 Å². The summed E-state index contributed by atoms with van der Waals surface area (Å²) in [6.07, 6.45) is 3.12. The minimum atomic E-state index is -4.16. The van der Waals surface area contributed by atoms with Crippen molar-refractivity contribution in [2.24, 2.45) is 0 Å². The Morgan fingerprint density at radius 3 is 2.54 bits per heavy atom. The monoisotopic (exact) mass is 406 g/mol. The first-order valence-electron chi connectivity index (χ1n) is 8.62. The van der Waals surface area contributed by atoms with Crippen LogP contribution in [0.3, 0.4) is 0 Å². The van der Waals surface area contributed by atoms with E-state index >= 15 is 0 Å². The van der Waals surface area contributed by atoms with Crippen LogP contribution in [0.2, 0.25) is 0 Å². The van der Waals surface area contributed by atoms with Gasteiger partial charge in [0.15, 0.2) is 5.82 Å². The maximum atomic E-state index is 14.5. The maximum absolute atomic E-state index is 14.5. The molecule has 2 N–H and O–H groups in total. The molecule has 2 aromatic rings. The van der Waals surface area contributed by atoms with E-state index in [9.17, 15) is 22.4 Å². The molecule has 2 heterocycles. The normalized spacial score (nSPS) is 14.0. The molecule has 1 aromatic carbocycles. The predicted octanol–water partition coefficient (Wildman–Crippen LogP) is 2.22. The predicted molar refractivity (Wildman–Crippen MR) is 101 cm³/mol. The Morgan fingerprint density at radius 2 is 1.89 bits per heavy atom. The fourth-order valence-electron chi connectivity index (χ4n) is 2.88. The summed E-state index contributed by atoms with van der Waals surface area (Å²) < 4.78 is 42.0. The van der Waals surface area contributed by atoms with Crippen molar-refractivity contribution in [1.29, 1.82) is 0 Å². The van der Waals surface area contributed by atoms with Crippen LogP contribution in [-0.2, 0) is 14.8 Å². The lowest BCUT2D eigenvalue weighted by atomic mass is 10.2. The van der Waals surface area contributed by atoms with Gasteiger partial charge >= 0.3 is 0 Å². The van der Waals surface area contributed by atoms with E-state index < -0.39 is 27.7 Å². The van der Waals surface area contributed by atoms with Crippen molar-refractivity contribution < 1.29 is 22.4 Å². The Balaban J connectivity index is 1.86. The van der Waals surface area contributed by atoms with Gasteiger partial charge in [-0.3, -0.25) is 14.3 Å². The van der Waals surface area contributed by atoms with E-state index in [1.54, 1.807) is 4.90 Å². The minimum Gasteiger partial charge on any atom is -0.339 e. The first kappa shape index (κ1) is 19.7. The van der Waals surface area contributed by atoms with Crippen LogP contribution in [-0.4, -0.2) is 43.2 Å². The summed E-state index contributed by atoms with van der Waals surface area (Å²) in [5.74, 6) is -1.75. The average Bonchev–Trinajstić information content (AvgIpc) is 3.17. The molecule has 1 aromatic heterocycles. The molecule has 0 bridgehead atoms. The largest absolute Gasteiger partial charge is 0.339 e. The third-order valence-electron chi connectivity index (χ3n) is 4.22. The number of amides is 2. The molecule has 8 nitrogen and oxygen atoms in total. The molecule has 2 amide bonds. The standard InChI is InChI=1S/C18H19FN4O4S/c1-12(24)21-17-16(5-4-8-20-17)22-28(26,27)13-6-7-14(15(19)11-13)18(25)23-9-2-3-10-23/h4-8,11,22H,2-3,9-10H2,1H3,(H,20,21,24). The number of carbonyl (C=O) groups is 2. The quantitative estimate of drug-likeness (QED) is 0.791. The fourth-order valence-corrected chi connectivity index (χ4v) is 3.96. The van der Waals surface area contributed by atoms with Gasteiger partial charge in [0.25, 0.3) is 15.9 Å². The number of halogens is 1. The summed E-state index contributed by atoms with van der Waals surface area (Å²) in [7, 11) is -4.16. The van der Waals surface area contributed by atoms with Crippen LogP contribution in [0.25, 0.3) is 0 Å². The van der Waals surface area contributed by atoms with Crippen molar-refractivity contribution >= 4 is 33.3 Å². The van der Waals surface area contributed by atoms with Crippen molar-refractivity contribution in [2.45, 2.75) is 24.7 Å². The highest BCUT2D eigenvalue weighted by Gasteiger charge is 2.24. The number of likely N-dealkylation sites (tertiary alicyclic amines) is 1. The molecule has 0 aliphatic carbocycles. The molecule has 10 heteroatoms. The molecule has 3 rings (SSSR count). The van der Waals surface area contributed by atoms with Crippen LogP contribution < -0.4 is 10.0 Å². The molecule has 0 unspecified atom stereocenters. The lowest BCUT2D eigenvalue weighted by Gasteiger charge is -2.16. The zero-order valence-corrected chi connectivity index (χ0v) is 15.9. The van der Waals surface area contributed by atoms with Crippen LogP contribution in [0.4, 0.5) is 15.9 Å². The molecule has 148 valence electrons. The molecule has 1 aliphatic rings. The molecule has 0 spiro atoms. The number of nitrogens with one attached hydrogen (secondary N) is 2. The summed E-state index contributed by atoms with van der Waals surface area (Å²) in [6.45, 7) is 2.39. The molecular weight excluding hydrogens is 387 g/mol. The number of hydrogen-bond acceptors (Lipinski definition) is 5. The zero-order chi connectivity index (χ0) is 20.3. The fraction of sp³-hybridized carbons (Fsp3) is 0.278. The van der Waals surface area contributed by atoms with Crippen LogP contribution >= 0.6 is 0 Å². The highest BCUT2D eigenvalue weighted by atomic mass is 32.2. The van der Waals surface area contributed by atoms with E-state index in [2.05, 4.69) is 15.0 Å². The SMILES string of the molecule is CC(=O)Nc1ncccc1NS(=O)(=O)c1ccc(C(=O)N2CCCC2)c(F)c1. The number of anilines is 2. The lowest BCUT2D eigenvalue weighted by molar-refractivity contribution is -0.114. The topological polar surface area (TPSA) is 108 Å². The second kappa shape index (κ2) is 7.93. The molecule has 0 radical (unpaired) electrons. The van der Waals surface area contributed by atoms with Crippen molar-refractivity contribution in [3.05, 3.63) is 47.9 Å². The molecule has 1 saturated heterocycles. The van der Waals surface area contributed by atoms with E-state index in [4.69, 9.17) is 0 Å². The summed E-state index contributed by atoms with van der Waals surface area (Å²) >= 11 is 0. The van der Waals surface area contributed by atoms with Gasteiger partial charge in [0.05, 0.1) is 16.1 Å². The Bertz CT molecular complexity index is 1020. The van der Waals surface area contributed by atoms with Gasteiger partial charge in [0.2, 0.25) is 5.91 Å². The number of carbonyl (C=O) groups excluding carboxylic acids is 2. The van der Waals surface area contributed by atoms with E-state index in [0.717, 1.165) is 18.9 Å². The van der Waals surface area contributed by atoms with E-state index in [-0.39, 0.29) is 22.0 Å². The number of aromatic nitrogens is 1. The lowest BCUT2D eigenvalue weighted by Crippen LogP contribution is -2.28. The van der Waals surface area contributed by atoms with Crippen LogP contribution in [0.5, 0.6) is 0 Å². The molecule has 0 saturated carbocycles. The zero-order valence-electron chi connectivity index (χ0n) is 15.1. The van der Waals surface area contributed by atoms with E-state index in [1.165, 1.54) is 37.4 Å². The summed E-state index contributed by atoms with van der Waals surface area (Å²) in [5, 5.41) is 2.41. The van der Waals surface area contributed by atoms with Crippen molar-refractivity contribution in [3.8, 4) is 0 Å². The number of rotatable bonds is 5. The maximum Gasteiger partial charge on any atom is 0.262 e. The third-order valence-corrected chi connectivity index (χ3v) is 5.58. The number of nitrogens with zero attached hydrogens (tertiary/aromatic N) is 2. The van der Waals surface area contributed by atoms with Gasteiger partial charge in [0.1, 0.15) is 5.82 Å². The van der Waals surface area contributed by atoms with Crippen LogP contribution in [0.1, 0.15) is 30.1 Å². The highest BCUT2D eigenvalue weighted by Crippen LogP contribution is 2.24. The smallest absolute Gasteiger partial charge is 0.262 e. The second-order valence-electron chi connectivity index (χ2n) is 6.33. The Kier molecular flexibility index (Phi) is 5.59. The Morgan fingerprint density at radius 1 is 1.18 bits per heavy atom. The number of hydrogen-bond donors (Lipinski definition) is 2. The molecule has 28 heavy (non-hydrogen) atoms. The Labute approximate surface area is 161 Å². The summed E-state index contributed by atoms with van der Waals surface area (Å²) in [4.78, 5) is 28.7. The minimum absolute atomic E-state index is 0.0277. The van der Waals surface area contributed by atoms with Crippen molar-refractivity contribution in [3.63, 3.8) is 0 Å². The first-order valence-corrected chi connectivity index (χ1v) is 10.1. The number of pyridine rings is 1. The summed E-state index contributed by atoms with van der Waals surface area (Å²) in [6, 6.07) is 6.05. The first-order chi connectivity index (χ1) is 13.3. The van der Waals surface area contributed by atoms with Gasteiger partial charge in [-0.1, -0.05) is 0 Å². The van der Waals surface area contributed by atoms with Gasteiger partial charge in [0, 0.05) is 26.2 Å². The third kappa shape index (κ3) is 4.28. The van der Waals surface area contributed by atoms with E-state index in [0.29, 0.717) is 13.1 Å². The Hall–Kier alpha value is -3.01. The van der Waals surface area contributed by atoms with Gasteiger partial charge in [-0.15, -0.1) is 0 Å². The van der Waals surface area contributed by atoms with Gasteiger partial charge in [-0.2, -0.15) is 0 Å². The van der Waals surface area contributed by atoms with Gasteiger partial charge < -0.3 is 10.2 Å². The molecule has 1 fully saturated rings. The average molecular weight is 406 g/mol. The van der Waals surface area contributed by atoms with Gasteiger partial charge in [-0.25, -0.2) is 17.8 Å². The van der Waals surface area contributed by atoms with Crippen LogP contribution in [0.15, 0.2) is 41.4 Å². The van der Waals surface area contributed by atoms with Crippen molar-refractivity contribution in [2.75, 3.05) is 23.1 Å². The van der Waals surface area contributed by atoms with Crippen molar-refractivity contribution in [1.82, 2.24) is 9.88 Å². The van der Waals surface area contributed by atoms with E-state index in [1.807, 2.05) is 0 Å². The molecular formula is C18H19FN4O4S. The highest BCUT2D eigenvalue weighted by molar-refractivity contribution is 7.92.